The van der Waals surface area contributed by atoms with Gasteiger partial charge in [0.2, 0.25) is 5.62 Å². The van der Waals surface area contributed by atoms with Gasteiger partial charge in [-0.15, -0.1) is 0 Å². The predicted octanol–water partition coefficient (Wildman–Crippen LogP) is 1.02. The molecule has 72 valence electrons. The monoisotopic (exact) mass is 188 g/mol. The topological polar surface area (TPSA) is 46.1 Å². The van der Waals surface area contributed by atoms with Gasteiger partial charge in [-0.1, -0.05) is 12.1 Å². The molecule has 4 nitrogen and oxygen atoms in total. The van der Waals surface area contributed by atoms with Crippen molar-refractivity contribution in [1.82, 2.24) is 9.13 Å². The largest absolute Gasteiger partial charge is 0.313 e. The van der Waals surface area contributed by atoms with Crippen molar-refractivity contribution in [3.63, 3.8) is 0 Å². The molecule has 1 N–H and O–H groups in total. The third-order valence-corrected chi connectivity index (χ3v) is 2.38. The molecule has 1 aromatic carbocycles. The quantitative estimate of drug-likeness (QED) is 0.513. The maximum Gasteiger partial charge on any atom is 0.211 e. The summed E-state index contributed by atoms with van der Waals surface area (Å²) < 4.78 is 3.95. The highest BCUT2D eigenvalue weighted by atomic mass is 15.2. The summed E-state index contributed by atoms with van der Waals surface area (Å²) in [5.41, 5.74) is 3.02. The van der Waals surface area contributed by atoms with Crippen LogP contribution in [0.5, 0.6) is 0 Å². The van der Waals surface area contributed by atoms with E-state index in [0.29, 0.717) is 0 Å². The summed E-state index contributed by atoms with van der Waals surface area (Å²) in [4.78, 5) is 4.01. The molecule has 0 aliphatic heterocycles. The maximum absolute atomic E-state index is 6.99. The van der Waals surface area contributed by atoms with Crippen LogP contribution in [0.25, 0.3) is 11.0 Å². The minimum absolute atomic E-state index is 0.779. The normalized spacial score (nSPS) is 10.4. The van der Waals surface area contributed by atoms with Crippen LogP contribution in [0, 0.1) is 5.41 Å². The molecule has 4 heteroatoms. The minimum atomic E-state index is 0.779. The van der Waals surface area contributed by atoms with E-state index in [9.17, 15) is 0 Å². The molecule has 0 saturated heterocycles. The summed E-state index contributed by atoms with van der Waals surface area (Å²) in [5.74, 6) is 0. The maximum atomic E-state index is 6.99. The third-order valence-electron chi connectivity index (χ3n) is 2.38. The van der Waals surface area contributed by atoms with E-state index in [1.54, 1.807) is 0 Å². The minimum Gasteiger partial charge on any atom is -0.313 e. The smallest absolute Gasteiger partial charge is 0.211 e. The molecule has 0 spiro atoms. The van der Waals surface area contributed by atoms with Gasteiger partial charge >= 0.3 is 0 Å². The predicted molar refractivity (Wildman–Crippen MR) is 56.2 cm³/mol. The fraction of sp³-hybridized carbons (Fsp3) is 0.200. The second-order valence-corrected chi connectivity index (χ2v) is 3.16. The molecule has 0 aliphatic rings. The zero-order valence-corrected chi connectivity index (χ0v) is 8.23. The van der Waals surface area contributed by atoms with Gasteiger partial charge in [0.15, 0.2) is 0 Å². The number of hydrogen-bond donors (Lipinski definition) is 1. The lowest BCUT2D eigenvalue weighted by Gasteiger charge is -1.91. The number of para-hydroxylation sites is 2. The number of benzene rings is 1. The first-order valence-electron chi connectivity index (χ1n) is 4.39. The summed E-state index contributed by atoms with van der Waals surface area (Å²) in [6.45, 7) is 0. The van der Waals surface area contributed by atoms with Crippen molar-refractivity contribution < 1.29 is 0 Å². The molecule has 14 heavy (non-hydrogen) atoms. The standard InChI is InChI=1S/C10H12N4/c1-13-8-5-3-4-6-9(8)14(2)10(13)12-7-11/h3-7,11H,1-2H3. The first kappa shape index (κ1) is 8.74. The van der Waals surface area contributed by atoms with Gasteiger partial charge in [0.25, 0.3) is 0 Å². The molecule has 0 atom stereocenters. The van der Waals surface area contributed by atoms with Crippen LogP contribution in [0.1, 0.15) is 0 Å². The lowest BCUT2D eigenvalue weighted by molar-refractivity contribution is 0.769. The van der Waals surface area contributed by atoms with Crippen LogP contribution in [-0.2, 0) is 14.1 Å². The van der Waals surface area contributed by atoms with Crippen LogP contribution in [0.15, 0.2) is 29.3 Å². The Balaban J connectivity index is 3.00. The highest BCUT2D eigenvalue weighted by molar-refractivity contribution is 5.75. The van der Waals surface area contributed by atoms with E-state index in [-0.39, 0.29) is 0 Å². The summed E-state index contributed by atoms with van der Waals surface area (Å²) in [6.07, 6.45) is 1.06. The number of rotatable bonds is 1. The molecule has 0 radical (unpaired) electrons. The Morgan fingerprint density at radius 1 is 1.14 bits per heavy atom. The molecule has 0 fully saturated rings. The molecule has 2 aromatic rings. The van der Waals surface area contributed by atoms with E-state index >= 15 is 0 Å². The van der Waals surface area contributed by atoms with Gasteiger partial charge in [-0.3, -0.25) is 5.41 Å². The molecule has 0 unspecified atom stereocenters. The number of nitrogens with one attached hydrogen (secondary N) is 1. The van der Waals surface area contributed by atoms with Crippen molar-refractivity contribution in [2.24, 2.45) is 19.1 Å². The van der Waals surface area contributed by atoms with E-state index in [2.05, 4.69) is 4.99 Å². The first-order chi connectivity index (χ1) is 6.75. The number of nitrogens with zero attached hydrogens (tertiary/aromatic N) is 3. The van der Waals surface area contributed by atoms with E-state index in [1.165, 1.54) is 0 Å². The van der Waals surface area contributed by atoms with Crippen molar-refractivity contribution in [2.45, 2.75) is 0 Å². The molecule has 1 heterocycles. The number of imidazole rings is 1. The SMILES string of the molecule is Cn1c(=NC=N)n(C)c2ccccc21. The third kappa shape index (κ3) is 1.08. The second kappa shape index (κ2) is 3.14. The number of aryl methyl sites for hydroxylation is 2. The van der Waals surface area contributed by atoms with Crippen molar-refractivity contribution in [1.29, 1.82) is 5.41 Å². The fourth-order valence-corrected chi connectivity index (χ4v) is 1.70. The van der Waals surface area contributed by atoms with Gasteiger partial charge in [-0.25, -0.2) is 4.99 Å². The van der Waals surface area contributed by atoms with E-state index < -0.39 is 0 Å². The van der Waals surface area contributed by atoms with Crippen molar-refractivity contribution in [2.75, 3.05) is 0 Å². The average Bonchev–Trinajstić information content (AvgIpc) is 2.45. The Morgan fingerprint density at radius 3 is 2.07 bits per heavy atom. The summed E-state index contributed by atoms with van der Waals surface area (Å²) in [7, 11) is 3.90. The summed E-state index contributed by atoms with van der Waals surface area (Å²) in [5, 5.41) is 6.99. The molecule has 0 saturated carbocycles. The van der Waals surface area contributed by atoms with Gasteiger partial charge in [-0.05, 0) is 12.1 Å². The number of fused-ring (bicyclic) bond motifs is 1. The highest BCUT2D eigenvalue weighted by Crippen LogP contribution is 2.09. The fourth-order valence-electron chi connectivity index (χ4n) is 1.70. The Hall–Kier alpha value is -1.84. The van der Waals surface area contributed by atoms with Crippen LogP contribution in [0.3, 0.4) is 0 Å². The molecule has 0 aliphatic carbocycles. The van der Waals surface area contributed by atoms with Crippen LogP contribution in [0.4, 0.5) is 0 Å². The molecule has 2 rings (SSSR count). The van der Waals surface area contributed by atoms with E-state index in [1.807, 2.05) is 47.5 Å². The lowest BCUT2D eigenvalue weighted by Crippen LogP contribution is -2.21. The molecular weight excluding hydrogens is 176 g/mol. The molecule has 0 bridgehead atoms. The van der Waals surface area contributed by atoms with Crippen LogP contribution < -0.4 is 5.62 Å². The Labute approximate surface area is 81.6 Å². The van der Waals surface area contributed by atoms with Crippen molar-refractivity contribution in [3.05, 3.63) is 29.9 Å². The zero-order valence-electron chi connectivity index (χ0n) is 8.23. The molecule has 0 amide bonds. The van der Waals surface area contributed by atoms with Gasteiger partial charge in [0.05, 0.1) is 11.0 Å². The van der Waals surface area contributed by atoms with Crippen molar-refractivity contribution in [3.8, 4) is 0 Å². The summed E-state index contributed by atoms with van der Waals surface area (Å²) in [6, 6.07) is 8.07. The van der Waals surface area contributed by atoms with Gasteiger partial charge < -0.3 is 9.13 Å². The zero-order chi connectivity index (χ0) is 10.1. The second-order valence-electron chi connectivity index (χ2n) is 3.16. The Bertz CT molecular complexity index is 503. The van der Waals surface area contributed by atoms with Crippen LogP contribution in [-0.4, -0.2) is 15.5 Å². The Kier molecular flexibility index (Phi) is 1.96. The molecule has 1 aromatic heterocycles. The number of hydrogen-bond acceptors (Lipinski definition) is 1. The van der Waals surface area contributed by atoms with Gasteiger partial charge in [-0.2, -0.15) is 0 Å². The lowest BCUT2D eigenvalue weighted by atomic mass is 10.3. The first-order valence-corrected chi connectivity index (χ1v) is 4.39. The molecular formula is C10H12N4. The summed E-state index contributed by atoms with van der Waals surface area (Å²) >= 11 is 0. The van der Waals surface area contributed by atoms with E-state index in [0.717, 1.165) is 23.0 Å². The number of aromatic nitrogens is 2. The van der Waals surface area contributed by atoms with Gasteiger partial charge in [0.1, 0.15) is 6.34 Å². The average molecular weight is 188 g/mol. The van der Waals surface area contributed by atoms with Crippen LogP contribution in [0.2, 0.25) is 0 Å². The van der Waals surface area contributed by atoms with Crippen LogP contribution >= 0.6 is 0 Å². The van der Waals surface area contributed by atoms with E-state index in [4.69, 9.17) is 5.41 Å². The highest BCUT2D eigenvalue weighted by Gasteiger charge is 2.03. The van der Waals surface area contributed by atoms with Crippen molar-refractivity contribution >= 4 is 17.4 Å². The van der Waals surface area contributed by atoms with Gasteiger partial charge in [0, 0.05) is 14.1 Å². The Morgan fingerprint density at radius 2 is 1.64 bits per heavy atom.